The molecule has 1 aliphatic heterocycles. The molecule has 3 heteroatoms. The van der Waals surface area contributed by atoms with E-state index >= 15 is 0 Å². The summed E-state index contributed by atoms with van der Waals surface area (Å²) in [4.78, 5) is 10.5. The van der Waals surface area contributed by atoms with Gasteiger partial charge in [0.1, 0.15) is 0 Å². The van der Waals surface area contributed by atoms with E-state index in [-0.39, 0.29) is 17.6 Å². The van der Waals surface area contributed by atoms with Crippen molar-refractivity contribution in [2.24, 2.45) is 5.92 Å². The Morgan fingerprint density at radius 1 is 1.80 bits per heavy atom. The fourth-order valence-corrected chi connectivity index (χ4v) is 1.79. The molecular weight excluding hydrogens is 132 g/mol. The van der Waals surface area contributed by atoms with E-state index in [4.69, 9.17) is 9.84 Å². The molecule has 1 aliphatic carbocycles. The summed E-state index contributed by atoms with van der Waals surface area (Å²) in [5.41, 5.74) is -0.0664. The van der Waals surface area contributed by atoms with Crippen molar-refractivity contribution in [3.8, 4) is 0 Å². The fourth-order valence-electron chi connectivity index (χ4n) is 1.79. The van der Waals surface area contributed by atoms with Gasteiger partial charge in [-0.05, 0) is 19.8 Å². The minimum atomic E-state index is -0.669. The van der Waals surface area contributed by atoms with Gasteiger partial charge in [0, 0.05) is 0 Å². The van der Waals surface area contributed by atoms with Crippen LogP contribution in [0.4, 0.5) is 0 Å². The molecule has 0 amide bonds. The first-order valence-electron chi connectivity index (χ1n) is 3.52. The van der Waals surface area contributed by atoms with E-state index in [1.54, 1.807) is 0 Å². The first-order valence-corrected chi connectivity index (χ1v) is 3.52. The van der Waals surface area contributed by atoms with E-state index in [9.17, 15) is 4.79 Å². The van der Waals surface area contributed by atoms with Gasteiger partial charge in [0.05, 0.1) is 17.6 Å². The third kappa shape index (κ3) is 0.669. The average molecular weight is 142 g/mol. The highest BCUT2D eigenvalue weighted by Crippen LogP contribution is 2.52. The molecule has 2 aliphatic rings. The molecule has 3 atom stereocenters. The molecule has 0 aromatic rings. The second-order valence-electron chi connectivity index (χ2n) is 3.39. The standard InChI is InChI=1S/C7H10O3/c1-7-3-4(6(8)9)2-5(7)10-7/h4-5H,2-3H2,1H3,(H,8,9)/t4?,5-,7+/m1/s1. The number of aliphatic carboxylic acids is 1. The Labute approximate surface area is 59.0 Å². The monoisotopic (exact) mass is 142 g/mol. The van der Waals surface area contributed by atoms with E-state index in [2.05, 4.69) is 0 Å². The Hall–Kier alpha value is -0.570. The maximum absolute atomic E-state index is 10.5. The minimum absolute atomic E-state index is 0.0664. The molecule has 0 bridgehead atoms. The van der Waals surface area contributed by atoms with Crippen molar-refractivity contribution in [1.82, 2.24) is 0 Å². The first kappa shape index (κ1) is 6.16. The van der Waals surface area contributed by atoms with Crippen LogP contribution in [-0.4, -0.2) is 22.8 Å². The molecule has 1 unspecified atom stereocenters. The van der Waals surface area contributed by atoms with Crippen LogP contribution < -0.4 is 0 Å². The molecule has 0 spiro atoms. The topological polar surface area (TPSA) is 49.8 Å². The van der Waals surface area contributed by atoms with Gasteiger partial charge < -0.3 is 9.84 Å². The molecule has 2 fully saturated rings. The number of hydrogen-bond donors (Lipinski definition) is 1. The Balaban J connectivity index is 2.04. The number of carbonyl (C=O) groups is 1. The SMILES string of the molecule is C[C@]12CC(C(=O)O)C[C@H]1O2. The highest BCUT2D eigenvalue weighted by atomic mass is 16.6. The first-order chi connectivity index (χ1) is 4.62. The van der Waals surface area contributed by atoms with Gasteiger partial charge in [-0.1, -0.05) is 0 Å². The molecule has 0 radical (unpaired) electrons. The zero-order chi connectivity index (χ0) is 7.35. The Bertz CT molecular complexity index is 189. The van der Waals surface area contributed by atoms with Crippen molar-refractivity contribution in [3.05, 3.63) is 0 Å². The van der Waals surface area contributed by atoms with Gasteiger partial charge in [0.15, 0.2) is 0 Å². The Kier molecular flexibility index (Phi) is 0.944. The third-order valence-electron chi connectivity index (χ3n) is 2.53. The summed E-state index contributed by atoms with van der Waals surface area (Å²) in [7, 11) is 0. The Morgan fingerprint density at radius 2 is 2.50 bits per heavy atom. The summed E-state index contributed by atoms with van der Waals surface area (Å²) in [5.74, 6) is -0.819. The van der Waals surface area contributed by atoms with Crippen LogP contribution >= 0.6 is 0 Å². The van der Waals surface area contributed by atoms with Crippen LogP contribution in [0.1, 0.15) is 19.8 Å². The molecule has 1 saturated carbocycles. The second kappa shape index (κ2) is 1.53. The normalized spacial score (nSPS) is 50.5. The second-order valence-corrected chi connectivity index (χ2v) is 3.39. The number of carboxylic acids is 1. The van der Waals surface area contributed by atoms with E-state index in [0.717, 1.165) is 0 Å². The van der Waals surface area contributed by atoms with E-state index in [0.29, 0.717) is 12.8 Å². The van der Waals surface area contributed by atoms with Crippen LogP contribution in [0.3, 0.4) is 0 Å². The van der Waals surface area contributed by atoms with Gasteiger partial charge in [0.25, 0.3) is 0 Å². The molecule has 1 heterocycles. The molecule has 2 rings (SSSR count). The van der Waals surface area contributed by atoms with Crippen LogP contribution in [0, 0.1) is 5.92 Å². The summed E-state index contributed by atoms with van der Waals surface area (Å²) >= 11 is 0. The van der Waals surface area contributed by atoms with Gasteiger partial charge >= 0.3 is 5.97 Å². The lowest BCUT2D eigenvalue weighted by Gasteiger charge is -2.05. The van der Waals surface area contributed by atoms with Crippen molar-refractivity contribution in [1.29, 1.82) is 0 Å². The summed E-state index contributed by atoms with van der Waals surface area (Å²) < 4.78 is 5.26. The summed E-state index contributed by atoms with van der Waals surface area (Å²) in [6, 6.07) is 0. The van der Waals surface area contributed by atoms with Crippen molar-refractivity contribution >= 4 is 5.97 Å². The van der Waals surface area contributed by atoms with E-state index in [1.165, 1.54) is 0 Å². The van der Waals surface area contributed by atoms with Crippen LogP contribution in [0.15, 0.2) is 0 Å². The highest BCUT2D eigenvalue weighted by Gasteiger charge is 2.60. The van der Waals surface area contributed by atoms with Gasteiger partial charge in [0.2, 0.25) is 0 Å². The predicted molar refractivity (Wildman–Crippen MR) is 33.6 cm³/mol. The molecule has 56 valence electrons. The summed E-state index contributed by atoms with van der Waals surface area (Å²) in [6.07, 6.45) is 1.66. The molecule has 0 aromatic carbocycles. The largest absolute Gasteiger partial charge is 0.481 e. The fraction of sp³-hybridized carbons (Fsp3) is 0.857. The number of hydrogen-bond acceptors (Lipinski definition) is 2. The van der Waals surface area contributed by atoms with Gasteiger partial charge in [-0.25, -0.2) is 0 Å². The number of carboxylic acid groups (broad SMARTS) is 1. The maximum atomic E-state index is 10.5. The molecule has 0 aromatic heterocycles. The van der Waals surface area contributed by atoms with Crippen LogP contribution in [0.25, 0.3) is 0 Å². The summed E-state index contributed by atoms with van der Waals surface area (Å²) in [5, 5.41) is 8.61. The lowest BCUT2D eigenvalue weighted by Crippen LogP contribution is -2.14. The quantitative estimate of drug-likeness (QED) is 0.546. The highest BCUT2D eigenvalue weighted by molar-refractivity contribution is 5.71. The lowest BCUT2D eigenvalue weighted by molar-refractivity contribution is -0.142. The van der Waals surface area contributed by atoms with E-state index < -0.39 is 5.97 Å². The van der Waals surface area contributed by atoms with Crippen molar-refractivity contribution in [2.45, 2.75) is 31.5 Å². The summed E-state index contributed by atoms with van der Waals surface area (Å²) in [6.45, 7) is 1.99. The van der Waals surface area contributed by atoms with Gasteiger partial charge in [-0.2, -0.15) is 0 Å². The molecule has 3 nitrogen and oxygen atoms in total. The smallest absolute Gasteiger partial charge is 0.306 e. The van der Waals surface area contributed by atoms with E-state index in [1.807, 2.05) is 6.92 Å². The number of fused-ring (bicyclic) bond motifs is 1. The zero-order valence-electron chi connectivity index (χ0n) is 5.83. The Morgan fingerprint density at radius 3 is 2.80 bits per heavy atom. The third-order valence-corrected chi connectivity index (χ3v) is 2.53. The van der Waals surface area contributed by atoms with Crippen molar-refractivity contribution < 1.29 is 14.6 Å². The molecule has 1 saturated heterocycles. The zero-order valence-corrected chi connectivity index (χ0v) is 5.83. The number of ether oxygens (including phenoxy) is 1. The minimum Gasteiger partial charge on any atom is -0.481 e. The molecule has 1 N–H and O–H groups in total. The lowest BCUT2D eigenvalue weighted by atomic mass is 10.1. The predicted octanol–water partition coefficient (Wildman–Crippen LogP) is 0.639. The molecule has 10 heavy (non-hydrogen) atoms. The van der Waals surface area contributed by atoms with Crippen LogP contribution in [0.2, 0.25) is 0 Å². The number of epoxide rings is 1. The number of rotatable bonds is 1. The van der Waals surface area contributed by atoms with Crippen LogP contribution in [0.5, 0.6) is 0 Å². The molecular formula is C7H10O3. The van der Waals surface area contributed by atoms with Crippen molar-refractivity contribution in [2.75, 3.05) is 0 Å². The van der Waals surface area contributed by atoms with Crippen molar-refractivity contribution in [3.63, 3.8) is 0 Å². The van der Waals surface area contributed by atoms with Gasteiger partial charge in [-0.15, -0.1) is 0 Å². The van der Waals surface area contributed by atoms with Crippen LogP contribution in [-0.2, 0) is 9.53 Å². The maximum Gasteiger partial charge on any atom is 0.306 e. The average Bonchev–Trinajstić information content (AvgIpc) is 2.32. The van der Waals surface area contributed by atoms with Gasteiger partial charge in [-0.3, -0.25) is 4.79 Å².